The second-order valence-electron chi connectivity index (χ2n) is 9.46. The zero-order valence-electron chi connectivity index (χ0n) is 21.8. The summed E-state index contributed by atoms with van der Waals surface area (Å²) >= 11 is 6.40. The molecule has 3 N–H and O–H groups in total. The molecule has 2 heterocycles. The second-order valence-corrected chi connectivity index (χ2v) is 9.87. The summed E-state index contributed by atoms with van der Waals surface area (Å²) in [6.07, 6.45) is 3.15. The summed E-state index contributed by atoms with van der Waals surface area (Å²) in [5.74, 6) is 0.691. The maximum atomic E-state index is 13.7. The molecule has 1 fully saturated rings. The zero-order chi connectivity index (χ0) is 26.8. The summed E-state index contributed by atoms with van der Waals surface area (Å²) in [5, 5.41) is 3.57. The van der Waals surface area contributed by atoms with E-state index in [1.807, 2.05) is 18.3 Å². The van der Waals surface area contributed by atoms with Gasteiger partial charge in [0.25, 0.3) is 0 Å². The van der Waals surface area contributed by atoms with Crippen molar-refractivity contribution in [1.29, 1.82) is 0 Å². The number of methoxy groups -OCH3 is 1. The van der Waals surface area contributed by atoms with E-state index in [-0.39, 0.29) is 5.02 Å². The number of nitrogens with one attached hydrogen (secondary N) is 1. The van der Waals surface area contributed by atoms with Crippen LogP contribution in [0, 0.1) is 5.82 Å². The number of hydrogen-bond donors (Lipinski definition) is 2. The first-order valence-corrected chi connectivity index (χ1v) is 12.9. The van der Waals surface area contributed by atoms with Crippen molar-refractivity contribution in [2.45, 2.75) is 12.8 Å². The molecule has 0 radical (unpaired) electrons. The van der Waals surface area contributed by atoms with Crippen LogP contribution in [0.3, 0.4) is 0 Å². The number of ether oxygens (including phenoxy) is 1. The molecule has 8 nitrogen and oxygen atoms in total. The van der Waals surface area contributed by atoms with Crippen LogP contribution in [0.2, 0.25) is 5.02 Å². The Kier molecular flexibility index (Phi) is 7.49. The minimum absolute atomic E-state index is 0.260. The van der Waals surface area contributed by atoms with E-state index in [9.17, 15) is 4.39 Å². The summed E-state index contributed by atoms with van der Waals surface area (Å²) in [7, 11) is 5.46. The fourth-order valence-electron chi connectivity index (χ4n) is 4.89. The van der Waals surface area contributed by atoms with Gasteiger partial charge in [0.05, 0.1) is 29.2 Å². The molecule has 198 valence electrons. The number of likely N-dealkylation sites (N-methyl/N-ethyl adjacent to an activating group) is 1. The van der Waals surface area contributed by atoms with Crippen LogP contribution in [-0.4, -0.2) is 68.0 Å². The van der Waals surface area contributed by atoms with Crippen LogP contribution in [0.25, 0.3) is 5.57 Å². The highest BCUT2D eigenvalue weighted by molar-refractivity contribution is 6.40. The van der Waals surface area contributed by atoms with Crippen molar-refractivity contribution in [1.82, 2.24) is 14.9 Å². The molecule has 0 bridgehead atoms. The topological polar surface area (TPSA) is 91.9 Å². The van der Waals surface area contributed by atoms with E-state index in [4.69, 9.17) is 27.1 Å². The molecule has 0 atom stereocenters. The Hall–Kier alpha value is -3.69. The summed E-state index contributed by atoms with van der Waals surface area (Å²) in [6, 6.07) is 10.3. The van der Waals surface area contributed by atoms with Gasteiger partial charge < -0.3 is 25.6 Å². The average Bonchev–Trinajstić information content (AvgIpc) is 2.92. The Labute approximate surface area is 227 Å². The first-order chi connectivity index (χ1) is 18.4. The largest absolute Gasteiger partial charge is 0.494 e. The predicted octanol–water partition coefficient (Wildman–Crippen LogP) is 4.51. The van der Waals surface area contributed by atoms with Gasteiger partial charge in [-0.2, -0.15) is 0 Å². The van der Waals surface area contributed by atoms with E-state index in [0.29, 0.717) is 52.8 Å². The molecule has 1 aliphatic heterocycles. The van der Waals surface area contributed by atoms with E-state index in [1.54, 1.807) is 20.2 Å². The molecule has 0 amide bonds. The molecular weight excluding hydrogens is 505 g/mol. The molecule has 2 aromatic carbocycles. The van der Waals surface area contributed by atoms with Crippen LogP contribution >= 0.6 is 11.6 Å². The van der Waals surface area contributed by atoms with Gasteiger partial charge in [0.15, 0.2) is 0 Å². The van der Waals surface area contributed by atoms with Gasteiger partial charge >= 0.3 is 0 Å². The molecule has 1 aliphatic carbocycles. The van der Waals surface area contributed by atoms with Gasteiger partial charge in [-0.15, -0.1) is 0 Å². The first kappa shape index (κ1) is 25.9. The number of anilines is 3. The summed E-state index contributed by atoms with van der Waals surface area (Å²) in [5.41, 5.74) is 12.5. The van der Waals surface area contributed by atoms with Crippen molar-refractivity contribution in [2.24, 2.45) is 10.7 Å². The molecule has 0 saturated carbocycles. The highest BCUT2D eigenvalue weighted by Crippen LogP contribution is 2.35. The number of aryl methyl sites for hydroxylation is 1. The Morgan fingerprint density at radius 2 is 1.92 bits per heavy atom. The molecule has 3 aromatic rings. The third kappa shape index (κ3) is 5.16. The van der Waals surface area contributed by atoms with Crippen LogP contribution in [0.4, 0.5) is 21.7 Å². The van der Waals surface area contributed by atoms with Gasteiger partial charge in [0.2, 0.25) is 5.95 Å². The normalized spacial score (nSPS) is 16.4. The van der Waals surface area contributed by atoms with Crippen LogP contribution in [-0.2, 0) is 6.42 Å². The van der Waals surface area contributed by atoms with Crippen molar-refractivity contribution in [2.75, 3.05) is 57.6 Å². The zero-order valence-corrected chi connectivity index (χ0v) is 22.5. The SMILES string of the molecule is CN=C(C1=C(N)CCc2cnc(Nc3ccc(N4CCN(C)CC4)cc3OC)nc21)c1ccc(F)cc1Cl. The molecule has 0 unspecified atom stereocenters. The molecule has 2 aliphatic rings. The molecular formula is C28H31ClFN7O. The Balaban J connectivity index is 1.47. The Bertz CT molecular complexity index is 1420. The van der Waals surface area contributed by atoms with Gasteiger partial charge in [-0.25, -0.2) is 14.4 Å². The van der Waals surface area contributed by atoms with Gasteiger partial charge in [0, 0.05) is 68.0 Å². The Morgan fingerprint density at radius 1 is 1.13 bits per heavy atom. The lowest BCUT2D eigenvalue weighted by Gasteiger charge is -2.34. The number of aliphatic imine (C=N–C) groups is 1. The lowest BCUT2D eigenvalue weighted by molar-refractivity contribution is 0.312. The maximum absolute atomic E-state index is 13.7. The van der Waals surface area contributed by atoms with E-state index in [0.717, 1.165) is 43.1 Å². The molecule has 0 spiro atoms. The van der Waals surface area contributed by atoms with Gasteiger partial charge in [-0.1, -0.05) is 11.6 Å². The van der Waals surface area contributed by atoms with Crippen molar-refractivity contribution in [3.05, 3.63) is 76.0 Å². The van der Waals surface area contributed by atoms with Gasteiger partial charge in [-0.05, 0) is 55.8 Å². The van der Waals surface area contributed by atoms with Crippen LogP contribution in [0.5, 0.6) is 5.75 Å². The highest BCUT2D eigenvalue weighted by atomic mass is 35.5. The number of hydrogen-bond acceptors (Lipinski definition) is 8. The van der Waals surface area contributed by atoms with E-state index in [1.165, 1.54) is 12.1 Å². The molecule has 5 rings (SSSR count). The number of fused-ring (bicyclic) bond motifs is 1. The number of nitrogens with zero attached hydrogens (tertiary/aromatic N) is 5. The number of nitrogens with two attached hydrogens (primary N) is 1. The summed E-state index contributed by atoms with van der Waals surface area (Å²) in [6.45, 7) is 3.99. The average molecular weight is 536 g/mol. The van der Waals surface area contributed by atoms with E-state index >= 15 is 0 Å². The number of benzene rings is 2. The van der Waals surface area contributed by atoms with Crippen molar-refractivity contribution < 1.29 is 9.13 Å². The predicted molar refractivity (Wildman–Crippen MR) is 151 cm³/mol. The highest BCUT2D eigenvalue weighted by Gasteiger charge is 2.26. The van der Waals surface area contributed by atoms with E-state index < -0.39 is 5.82 Å². The maximum Gasteiger partial charge on any atom is 0.227 e. The fourth-order valence-corrected chi connectivity index (χ4v) is 5.15. The van der Waals surface area contributed by atoms with Crippen LogP contribution < -0.4 is 20.7 Å². The number of halogens is 2. The lowest BCUT2D eigenvalue weighted by Crippen LogP contribution is -2.44. The quantitative estimate of drug-likeness (QED) is 0.449. The lowest BCUT2D eigenvalue weighted by atomic mass is 9.88. The minimum atomic E-state index is -0.415. The molecule has 1 saturated heterocycles. The number of aromatic nitrogens is 2. The minimum Gasteiger partial charge on any atom is -0.494 e. The molecule has 10 heteroatoms. The molecule has 1 aromatic heterocycles. The van der Waals surface area contributed by atoms with Gasteiger partial charge in [0.1, 0.15) is 11.6 Å². The standard InChI is InChI=1S/C28H31ClFN7O/c1-32-27(20-7-5-18(30)14-21(20)29)25-22(31)8-4-17-16-33-28(35-26(17)25)34-23-9-6-19(15-24(23)38-3)37-12-10-36(2)11-13-37/h5-7,9,14-16H,4,8,10-13,31H2,1-3H3,(H,33,34,35). The Morgan fingerprint density at radius 3 is 2.63 bits per heavy atom. The summed E-state index contributed by atoms with van der Waals surface area (Å²) in [4.78, 5) is 18.6. The third-order valence-corrected chi connectivity index (χ3v) is 7.35. The van der Waals surface area contributed by atoms with E-state index in [2.05, 4.69) is 38.2 Å². The second kappa shape index (κ2) is 11.0. The van der Waals surface area contributed by atoms with Crippen molar-refractivity contribution in [3.63, 3.8) is 0 Å². The first-order valence-electron chi connectivity index (χ1n) is 12.5. The summed E-state index contributed by atoms with van der Waals surface area (Å²) < 4.78 is 19.4. The fraction of sp³-hybridized carbons (Fsp3) is 0.321. The van der Waals surface area contributed by atoms with Crippen molar-refractivity contribution in [3.8, 4) is 5.75 Å². The number of piperazine rings is 1. The monoisotopic (exact) mass is 535 g/mol. The van der Waals surface area contributed by atoms with Crippen molar-refractivity contribution >= 4 is 40.2 Å². The van der Waals surface area contributed by atoms with Gasteiger partial charge in [-0.3, -0.25) is 4.99 Å². The molecule has 38 heavy (non-hydrogen) atoms. The number of allylic oxidation sites excluding steroid dienone is 2. The third-order valence-electron chi connectivity index (χ3n) is 7.03. The van der Waals surface area contributed by atoms with Crippen LogP contribution in [0.1, 0.15) is 23.2 Å². The smallest absolute Gasteiger partial charge is 0.227 e. The number of rotatable bonds is 6. The van der Waals surface area contributed by atoms with Crippen LogP contribution in [0.15, 0.2) is 53.3 Å².